The van der Waals surface area contributed by atoms with E-state index in [9.17, 15) is 4.79 Å². The lowest BCUT2D eigenvalue weighted by molar-refractivity contribution is 0.0763. The van der Waals surface area contributed by atoms with Gasteiger partial charge >= 0.3 is 0 Å². The van der Waals surface area contributed by atoms with Crippen LogP contribution in [0.25, 0.3) is 10.8 Å². The average molecular weight is 282 g/mol. The van der Waals surface area contributed by atoms with Gasteiger partial charge in [-0.25, -0.2) is 0 Å². The van der Waals surface area contributed by atoms with Crippen molar-refractivity contribution in [2.45, 2.75) is 13.3 Å². The Kier molecular flexibility index (Phi) is 4.20. The number of benzene rings is 2. The first-order chi connectivity index (χ1) is 10.3. The highest BCUT2D eigenvalue weighted by Gasteiger charge is 2.20. The van der Waals surface area contributed by atoms with E-state index in [4.69, 9.17) is 0 Å². The van der Waals surface area contributed by atoms with E-state index < -0.39 is 0 Å². The van der Waals surface area contributed by atoms with Gasteiger partial charge in [-0.05, 0) is 36.3 Å². The van der Waals surface area contributed by atoms with Crippen LogP contribution in [0.3, 0.4) is 0 Å². The molecule has 0 spiro atoms. The molecule has 21 heavy (non-hydrogen) atoms. The van der Waals surface area contributed by atoms with E-state index in [0.717, 1.165) is 55.5 Å². The molecule has 1 amide bonds. The van der Waals surface area contributed by atoms with Gasteiger partial charge in [0.1, 0.15) is 0 Å². The number of hydrogen-bond acceptors (Lipinski definition) is 2. The van der Waals surface area contributed by atoms with Gasteiger partial charge in [0.05, 0.1) is 0 Å². The minimum atomic E-state index is 0.171. The molecule has 1 aliphatic heterocycles. The van der Waals surface area contributed by atoms with E-state index in [-0.39, 0.29) is 5.91 Å². The molecule has 1 saturated heterocycles. The fourth-order valence-corrected chi connectivity index (χ4v) is 3.07. The Balaban J connectivity index is 1.87. The Hall–Kier alpha value is -1.87. The van der Waals surface area contributed by atoms with Crippen molar-refractivity contribution in [3.63, 3.8) is 0 Å². The molecule has 0 N–H and O–H groups in total. The van der Waals surface area contributed by atoms with Gasteiger partial charge < -0.3 is 9.80 Å². The third kappa shape index (κ3) is 2.93. The summed E-state index contributed by atoms with van der Waals surface area (Å²) < 4.78 is 0. The van der Waals surface area contributed by atoms with Crippen molar-refractivity contribution in [1.29, 1.82) is 0 Å². The van der Waals surface area contributed by atoms with Crippen molar-refractivity contribution in [1.82, 2.24) is 9.80 Å². The lowest BCUT2D eigenvalue weighted by atomic mass is 10.0. The summed E-state index contributed by atoms with van der Waals surface area (Å²) in [5.74, 6) is 0.171. The molecule has 1 fully saturated rings. The molecule has 3 rings (SSSR count). The van der Waals surface area contributed by atoms with Crippen LogP contribution in [0.15, 0.2) is 42.5 Å². The summed E-state index contributed by atoms with van der Waals surface area (Å²) in [6.45, 7) is 7.01. The van der Waals surface area contributed by atoms with Crippen LogP contribution in [-0.2, 0) is 0 Å². The van der Waals surface area contributed by atoms with E-state index in [1.165, 1.54) is 0 Å². The molecule has 0 atom stereocenters. The molecule has 0 aromatic heterocycles. The second kappa shape index (κ2) is 6.27. The lowest BCUT2D eigenvalue weighted by Crippen LogP contribution is -2.35. The largest absolute Gasteiger partial charge is 0.337 e. The predicted molar refractivity (Wildman–Crippen MR) is 86.6 cm³/mol. The second-order valence-electron chi connectivity index (χ2n) is 5.61. The van der Waals surface area contributed by atoms with Crippen LogP contribution in [-0.4, -0.2) is 48.4 Å². The summed E-state index contributed by atoms with van der Waals surface area (Å²) >= 11 is 0. The van der Waals surface area contributed by atoms with Crippen LogP contribution in [0, 0.1) is 0 Å². The number of carbonyl (C=O) groups is 1. The van der Waals surface area contributed by atoms with Crippen molar-refractivity contribution < 1.29 is 4.79 Å². The Labute approximate surface area is 126 Å². The SMILES string of the molecule is CCN1CCCN(C(=O)c2cccc3ccccc23)CC1. The van der Waals surface area contributed by atoms with E-state index >= 15 is 0 Å². The van der Waals surface area contributed by atoms with Gasteiger partial charge in [-0.3, -0.25) is 4.79 Å². The molecule has 0 bridgehead atoms. The Morgan fingerprint density at radius 3 is 2.67 bits per heavy atom. The first-order valence-electron chi connectivity index (χ1n) is 7.79. The van der Waals surface area contributed by atoms with E-state index in [1.807, 2.05) is 35.2 Å². The number of likely N-dealkylation sites (N-methyl/N-ethyl adjacent to an activating group) is 1. The van der Waals surface area contributed by atoms with E-state index in [0.29, 0.717) is 0 Å². The van der Waals surface area contributed by atoms with Crippen LogP contribution in [0.2, 0.25) is 0 Å². The summed E-state index contributed by atoms with van der Waals surface area (Å²) in [6, 6.07) is 14.1. The monoisotopic (exact) mass is 282 g/mol. The van der Waals surface area contributed by atoms with Crippen LogP contribution in [0.1, 0.15) is 23.7 Å². The molecule has 0 saturated carbocycles. The molecule has 110 valence electrons. The van der Waals surface area contributed by atoms with Crippen molar-refractivity contribution in [3.8, 4) is 0 Å². The van der Waals surface area contributed by atoms with Crippen molar-refractivity contribution >= 4 is 16.7 Å². The molecule has 1 heterocycles. The van der Waals surface area contributed by atoms with Crippen LogP contribution in [0.5, 0.6) is 0 Å². The summed E-state index contributed by atoms with van der Waals surface area (Å²) in [7, 11) is 0. The predicted octanol–water partition coefficient (Wildman–Crippen LogP) is 3.01. The first-order valence-corrected chi connectivity index (χ1v) is 7.79. The number of nitrogens with zero attached hydrogens (tertiary/aromatic N) is 2. The van der Waals surface area contributed by atoms with Crippen LogP contribution >= 0.6 is 0 Å². The molecule has 0 radical (unpaired) electrons. The number of amides is 1. The minimum absolute atomic E-state index is 0.171. The first kappa shape index (κ1) is 14.1. The molecule has 0 aliphatic carbocycles. The van der Waals surface area contributed by atoms with Crippen molar-refractivity contribution in [2.24, 2.45) is 0 Å². The highest BCUT2D eigenvalue weighted by atomic mass is 16.2. The Morgan fingerprint density at radius 1 is 1.00 bits per heavy atom. The number of hydrogen-bond donors (Lipinski definition) is 0. The maximum atomic E-state index is 12.9. The lowest BCUT2D eigenvalue weighted by Gasteiger charge is -2.22. The highest BCUT2D eigenvalue weighted by molar-refractivity contribution is 6.07. The molecular weight excluding hydrogens is 260 g/mol. The molecule has 3 heteroatoms. The molecular formula is C18H22N2O. The zero-order valence-corrected chi connectivity index (χ0v) is 12.6. The molecule has 1 aliphatic rings. The number of carbonyl (C=O) groups excluding carboxylic acids is 1. The van der Waals surface area contributed by atoms with Gasteiger partial charge in [-0.2, -0.15) is 0 Å². The zero-order valence-electron chi connectivity index (χ0n) is 12.6. The van der Waals surface area contributed by atoms with E-state index in [1.54, 1.807) is 0 Å². The van der Waals surface area contributed by atoms with Gasteiger partial charge in [0.15, 0.2) is 0 Å². The molecule has 0 unspecified atom stereocenters. The van der Waals surface area contributed by atoms with Crippen molar-refractivity contribution in [3.05, 3.63) is 48.0 Å². The normalized spacial score (nSPS) is 16.9. The fourth-order valence-electron chi connectivity index (χ4n) is 3.07. The third-order valence-electron chi connectivity index (χ3n) is 4.34. The van der Waals surface area contributed by atoms with Crippen molar-refractivity contribution in [2.75, 3.05) is 32.7 Å². The maximum absolute atomic E-state index is 12.9. The molecule has 2 aromatic carbocycles. The Bertz CT molecular complexity index is 633. The number of fused-ring (bicyclic) bond motifs is 1. The molecule has 3 nitrogen and oxygen atoms in total. The second-order valence-corrected chi connectivity index (χ2v) is 5.61. The van der Waals surface area contributed by atoms with Crippen LogP contribution < -0.4 is 0 Å². The van der Waals surface area contributed by atoms with Gasteiger partial charge in [0.2, 0.25) is 0 Å². The summed E-state index contributed by atoms with van der Waals surface area (Å²) in [4.78, 5) is 17.3. The fraction of sp³-hybridized carbons (Fsp3) is 0.389. The summed E-state index contributed by atoms with van der Waals surface area (Å²) in [5, 5.41) is 2.19. The molecule has 2 aromatic rings. The maximum Gasteiger partial charge on any atom is 0.254 e. The third-order valence-corrected chi connectivity index (χ3v) is 4.34. The zero-order chi connectivity index (χ0) is 14.7. The van der Waals surface area contributed by atoms with Crippen LogP contribution in [0.4, 0.5) is 0 Å². The van der Waals surface area contributed by atoms with Gasteiger partial charge in [0.25, 0.3) is 5.91 Å². The van der Waals surface area contributed by atoms with Gasteiger partial charge in [0, 0.05) is 25.2 Å². The average Bonchev–Trinajstić information content (AvgIpc) is 2.79. The standard InChI is InChI=1S/C18H22N2O/c1-2-19-11-6-12-20(14-13-19)18(21)17-10-5-8-15-7-3-4-9-16(15)17/h3-5,7-10H,2,6,11-14H2,1H3. The minimum Gasteiger partial charge on any atom is -0.337 e. The van der Waals surface area contributed by atoms with Gasteiger partial charge in [-0.15, -0.1) is 0 Å². The topological polar surface area (TPSA) is 23.6 Å². The Morgan fingerprint density at radius 2 is 1.81 bits per heavy atom. The summed E-state index contributed by atoms with van der Waals surface area (Å²) in [5.41, 5.74) is 0.832. The quantitative estimate of drug-likeness (QED) is 0.845. The highest BCUT2D eigenvalue weighted by Crippen LogP contribution is 2.20. The summed E-state index contributed by atoms with van der Waals surface area (Å²) in [6.07, 6.45) is 1.06. The number of rotatable bonds is 2. The smallest absolute Gasteiger partial charge is 0.254 e. The van der Waals surface area contributed by atoms with E-state index in [2.05, 4.69) is 24.0 Å². The van der Waals surface area contributed by atoms with Gasteiger partial charge in [-0.1, -0.05) is 43.3 Å².